The number of benzene rings is 1. The van der Waals surface area contributed by atoms with Gasteiger partial charge in [-0.05, 0) is 30.5 Å². The lowest BCUT2D eigenvalue weighted by Gasteiger charge is -2.28. The van der Waals surface area contributed by atoms with Crippen LogP contribution in [0.2, 0.25) is 0 Å². The van der Waals surface area contributed by atoms with Gasteiger partial charge in [-0.2, -0.15) is 0 Å². The molecule has 104 valence electrons. The fourth-order valence-electron chi connectivity index (χ4n) is 2.49. The molecule has 0 bridgehead atoms. The minimum atomic E-state index is 0.802. The van der Waals surface area contributed by atoms with Crippen LogP contribution in [0, 0.1) is 0 Å². The fourth-order valence-corrected chi connectivity index (χ4v) is 2.49. The third-order valence-electron chi connectivity index (χ3n) is 3.64. The van der Waals surface area contributed by atoms with Crippen LogP contribution in [0.4, 0.5) is 5.82 Å². The SMILES string of the molecule is c1ccc(CCc2cccc(N3CCOCC3)n2)cc1. The zero-order chi connectivity index (χ0) is 13.6. The monoisotopic (exact) mass is 268 g/mol. The van der Waals surface area contributed by atoms with Crippen molar-refractivity contribution in [2.75, 3.05) is 31.2 Å². The van der Waals surface area contributed by atoms with Gasteiger partial charge in [-0.25, -0.2) is 4.98 Å². The van der Waals surface area contributed by atoms with Gasteiger partial charge in [0.15, 0.2) is 0 Å². The van der Waals surface area contributed by atoms with Gasteiger partial charge in [0.25, 0.3) is 0 Å². The lowest BCUT2D eigenvalue weighted by molar-refractivity contribution is 0.122. The van der Waals surface area contributed by atoms with E-state index in [9.17, 15) is 0 Å². The molecule has 0 atom stereocenters. The molecule has 1 aromatic carbocycles. The molecule has 1 aromatic heterocycles. The maximum absolute atomic E-state index is 5.39. The van der Waals surface area contributed by atoms with Gasteiger partial charge in [0.1, 0.15) is 5.82 Å². The Hall–Kier alpha value is -1.87. The highest BCUT2D eigenvalue weighted by molar-refractivity contribution is 5.39. The minimum absolute atomic E-state index is 0.802. The fraction of sp³-hybridized carbons (Fsp3) is 0.353. The second-order valence-corrected chi connectivity index (χ2v) is 5.07. The highest BCUT2D eigenvalue weighted by Gasteiger charge is 2.12. The Morgan fingerprint density at radius 2 is 1.70 bits per heavy atom. The number of morpholine rings is 1. The van der Waals surface area contributed by atoms with Crippen molar-refractivity contribution in [1.82, 2.24) is 4.98 Å². The van der Waals surface area contributed by atoms with Crippen LogP contribution in [0.25, 0.3) is 0 Å². The van der Waals surface area contributed by atoms with E-state index in [-0.39, 0.29) is 0 Å². The van der Waals surface area contributed by atoms with Crippen LogP contribution in [0.15, 0.2) is 48.5 Å². The molecule has 20 heavy (non-hydrogen) atoms. The summed E-state index contributed by atoms with van der Waals surface area (Å²) in [6, 6.07) is 16.9. The van der Waals surface area contributed by atoms with Crippen LogP contribution in [-0.2, 0) is 17.6 Å². The number of nitrogens with zero attached hydrogens (tertiary/aromatic N) is 2. The quantitative estimate of drug-likeness (QED) is 0.852. The molecule has 1 fully saturated rings. The molecule has 0 saturated carbocycles. The topological polar surface area (TPSA) is 25.4 Å². The van der Waals surface area contributed by atoms with Gasteiger partial charge in [0.2, 0.25) is 0 Å². The van der Waals surface area contributed by atoms with Crippen molar-refractivity contribution >= 4 is 5.82 Å². The third-order valence-corrected chi connectivity index (χ3v) is 3.64. The number of hydrogen-bond donors (Lipinski definition) is 0. The smallest absolute Gasteiger partial charge is 0.128 e. The van der Waals surface area contributed by atoms with Crippen molar-refractivity contribution < 1.29 is 4.74 Å². The average molecular weight is 268 g/mol. The first-order valence-corrected chi connectivity index (χ1v) is 7.24. The Morgan fingerprint density at radius 1 is 0.900 bits per heavy atom. The summed E-state index contributed by atoms with van der Waals surface area (Å²) in [5.74, 6) is 1.08. The van der Waals surface area contributed by atoms with Gasteiger partial charge in [0.05, 0.1) is 13.2 Å². The maximum atomic E-state index is 5.39. The molecule has 2 aromatic rings. The van der Waals surface area contributed by atoms with Crippen molar-refractivity contribution in [3.63, 3.8) is 0 Å². The van der Waals surface area contributed by atoms with E-state index in [0.29, 0.717) is 0 Å². The van der Waals surface area contributed by atoms with E-state index in [1.165, 1.54) is 5.56 Å². The van der Waals surface area contributed by atoms with E-state index in [1.807, 2.05) is 0 Å². The summed E-state index contributed by atoms with van der Waals surface area (Å²) < 4.78 is 5.39. The Morgan fingerprint density at radius 3 is 2.50 bits per heavy atom. The van der Waals surface area contributed by atoms with Crippen LogP contribution >= 0.6 is 0 Å². The minimum Gasteiger partial charge on any atom is -0.378 e. The number of hydrogen-bond acceptors (Lipinski definition) is 3. The van der Waals surface area contributed by atoms with Crippen LogP contribution in [0.3, 0.4) is 0 Å². The molecule has 0 N–H and O–H groups in total. The normalized spacial score (nSPS) is 15.3. The maximum Gasteiger partial charge on any atom is 0.128 e. The Kier molecular flexibility index (Phi) is 4.28. The Bertz CT molecular complexity index is 536. The molecular weight excluding hydrogens is 248 g/mol. The number of aryl methyl sites for hydroxylation is 2. The largest absolute Gasteiger partial charge is 0.378 e. The molecular formula is C17H20N2O. The summed E-state index contributed by atoms with van der Waals surface area (Å²) in [6.45, 7) is 3.48. The van der Waals surface area contributed by atoms with Crippen LogP contribution in [-0.4, -0.2) is 31.3 Å². The number of aromatic nitrogens is 1. The number of rotatable bonds is 4. The summed E-state index contributed by atoms with van der Waals surface area (Å²) in [5.41, 5.74) is 2.53. The molecule has 3 heteroatoms. The zero-order valence-corrected chi connectivity index (χ0v) is 11.7. The number of ether oxygens (including phenoxy) is 1. The molecule has 3 nitrogen and oxygen atoms in total. The summed E-state index contributed by atoms with van der Waals surface area (Å²) in [7, 11) is 0. The van der Waals surface area contributed by atoms with Gasteiger partial charge in [-0.1, -0.05) is 36.4 Å². The van der Waals surface area contributed by atoms with E-state index in [0.717, 1.165) is 50.7 Å². The van der Waals surface area contributed by atoms with E-state index in [1.54, 1.807) is 0 Å². The van der Waals surface area contributed by atoms with Crippen molar-refractivity contribution in [1.29, 1.82) is 0 Å². The predicted octanol–water partition coefficient (Wildman–Crippen LogP) is 2.70. The van der Waals surface area contributed by atoms with Gasteiger partial charge in [0, 0.05) is 18.8 Å². The summed E-state index contributed by atoms with van der Waals surface area (Å²) >= 11 is 0. The lowest BCUT2D eigenvalue weighted by atomic mass is 10.1. The van der Waals surface area contributed by atoms with Crippen molar-refractivity contribution in [2.45, 2.75) is 12.8 Å². The molecule has 0 amide bonds. The molecule has 0 unspecified atom stereocenters. The molecule has 0 radical (unpaired) electrons. The first-order valence-electron chi connectivity index (χ1n) is 7.24. The van der Waals surface area contributed by atoms with Gasteiger partial charge in [-0.15, -0.1) is 0 Å². The van der Waals surface area contributed by atoms with Crippen molar-refractivity contribution in [2.24, 2.45) is 0 Å². The van der Waals surface area contributed by atoms with E-state index in [4.69, 9.17) is 9.72 Å². The highest BCUT2D eigenvalue weighted by Crippen LogP contribution is 2.14. The molecule has 2 heterocycles. The van der Waals surface area contributed by atoms with E-state index >= 15 is 0 Å². The lowest BCUT2D eigenvalue weighted by Crippen LogP contribution is -2.36. The predicted molar refractivity (Wildman–Crippen MR) is 81.1 cm³/mol. The van der Waals surface area contributed by atoms with Crippen molar-refractivity contribution in [3.8, 4) is 0 Å². The molecule has 3 rings (SSSR count). The molecule has 1 aliphatic rings. The molecule has 1 aliphatic heterocycles. The van der Waals surface area contributed by atoms with Gasteiger partial charge in [-0.3, -0.25) is 0 Å². The second kappa shape index (κ2) is 6.53. The van der Waals surface area contributed by atoms with Gasteiger partial charge >= 0.3 is 0 Å². The van der Waals surface area contributed by atoms with E-state index < -0.39 is 0 Å². The van der Waals surface area contributed by atoms with Crippen LogP contribution in [0.1, 0.15) is 11.3 Å². The first-order chi connectivity index (χ1) is 9.92. The van der Waals surface area contributed by atoms with Gasteiger partial charge < -0.3 is 9.64 Å². The summed E-state index contributed by atoms with van der Waals surface area (Å²) in [5, 5.41) is 0. The Balaban J connectivity index is 1.65. The summed E-state index contributed by atoms with van der Waals surface area (Å²) in [6.07, 6.45) is 2.03. The van der Waals surface area contributed by atoms with E-state index in [2.05, 4.69) is 53.4 Å². The molecule has 1 saturated heterocycles. The number of pyridine rings is 1. The standard InChI is InChI=1S/C17H20N2O/c1-2-5-15(6-3-1)9-10-16-7-4-8-17(18-16)19-11-13-20-14-12-19/h1-8H,9-14H2. The molecule has 0 spiro atoms. The second-order valence-electron chi connectivity index (χ2n) is 5.07. The highest BCUT2D eigenvalue weighted by atomic mass is 16.5. The molecule has 0 aliphatic carbocycles. The third kappa shape index (κ3) is 3.36. The zero-order valence-electron chi connectivity index (χ0n) is 11.7. The first kappa shape index (κ1) is 13.1. The average Bonchev–Trinajstić information content (AvgIpc) is 2.55. The number of anilines is 1. The van der Waals surface area contributed by atoms with Crippen molar-refractivity contribution in [3.05, 3.63) is 59.8 Å². The van der Waals surface area contributed by atoms with Crippen LogP contribution in [0.5, 0.6) is 0 Å². The Labute approximate surface area is 120 Å². The summed E-state index contributed by atoms with van der Waals surface area (Å²) in [4.78, 5) is 7.08. The van der Waals surface area contributed by atoms with Crippen LogP contribution < -0.4 is 4.90 Å².